The molecular formula is C9H10ClFN2O. The van der Waals surface area contributed by atoms with E-state index in [9.17, 15) is 9.18 Å². The smallest absolute Gasteiger partial charge is 0.261 e. The van der Waals surface area contributed by atoms with Crippen molar-refractivity contribution in [1.29, 1.82) is 0 Å². The second-order valence-corrected chi connectivity index (χ2v) is 3.68. The van der Waals surface area contributed by atoms with Gasteiger partial charge in [0.15, 0.2) is 5.67 Å². The zero-order chi connectivity index (χ0) is 10.8. The highest BCUT2D eigenvalue weighted by Gasteiger charge is 2.26. The predicted molar refractivity (Wildman–Crippen MR) is 53.1 cm³/mol. The maximum absolute atomic E-state index is 13.1. The fourth-order valence-corrected chi connectivity index (χ4v) is 0.934. The first-order chi connectivity index (χ1) is 6.39. The number of hydrogen-bond acceptors (Lipinski definition) is 2. The molecule has 0 atom stereocenters. The SMILES string of the molecule is CC(C)(F)C(=O)Nc1ccnc(Cl)c1. The molecule has 0 fully saturated rings. The lowest BCUT2D eigenvalue weighted by Crippen LogP contribution is -2.32. The molecule has 0 radical (unpaired) electrons. The number of nitrogens with zero attached hydrogens (tertiary/aromatic N) is 1. The largest absolute Gasteiger partial charge is 0.323 e. The van der Waals surface area contributed by atoms with Crippen LogP contribution in [-0.2, 0) is 4.79 Å². The number of aromatic nitrogens is 1. The van der Waals surface area contributed by atoms with Crippen LogP contribution in [0.3, 0.4) is 0 Å². The Hall–Kier alpha value is -1.16. The lowest BCUT2D eigenvalue weighted by Gasteiger charge is -2.13. The zero-order valence-electron chi connectivity index (χ0n) is 7.84. The van der Waals surface area contributed by atoms with E-state index in [1.165, 1.54) is 32.2 Å². The van der Waals surface area contributed by atoms with E-state index in [2.05, 4.69) is 10.3 Å². The van der Waals surface area contributed by atoms with Gasteiger partial charge in [0, 0.05) is 11.9 Å². The van der Waals surface area contributed by atoms with Gasteiger partial charge in [-0.05, 0) is 26.0 Å². The molecule has 3 nitrogen and oxygen atoms in total. The predicted octanol–water partition coefficient (Wildman–Crippen LogP) is 2.42. The Morgan fingerprint density at radius 2 is 2.29 bits per heavy atom. The molecule has 1 amide bonds. The normalized spacial score (nSPS) is 11.1. The van der Waals surface area contributed by atoms with Crippen LogP contribution in [0.4, 0.5) is 10.1 Å². The molecule has 0 aliphatic carbocycles. The third-order valence-electron chi connectivity index (χ3n) is 1.52. The van der Waals surface area contributed by atoms with Crippen molar-refractivity contribution in [3.8, 4) is 0 Å². The summed E-state index contributed by atoms with van der Waals surface area (Å²) < 4.78 is 13.1. The molecule has 0 aliphatic rings. The van der Waals surface area contributed by atoms with E-state index in [1.54, 1.807) is 0 Å². The first-order valence-corrected chi connectivity index (χ1v) is 4.39. The minimum absolute atomic E-state index is 0.250. The second-order valence-electron chi connectivity index (χ2n) is 3.29. The summed E-state index contributed by atoms with van der Waals surface area (Å²) in [5.41, 5.74) is -1.48. The summed E-state index contributed by atoms with van der Waals surface area (Å²) in [4.78, 5) is 14.9. The fraction of sp³-hybridized carbons (Fsp3) is 0.333. The Labute approximate surface area is 86.3 Å². The first-order valence-electron chi connectivity index (χ1n) is 4.01. The topological polar surface area (TPSA) is 42.0 Å². The molecule has 1 N–H and O–H groups in total. The molecule has 0 aliphatic heterocycles. The van der Waals surface area contributed by atoms with Gasteiger partial charge in [0.25, 0.3) is 5.91 Å². The summed E-state index contributed by atoms with van der Waals surface area (Å²) in [7, 11) is 0. The number of carbonyl (C=O) groups is 1. The number of alkyl halides is 1. The van der Waals surface area contributed by atoms with Gasteiger partial charge in [-0.25, -0.2) is 9.37 Å². The average Bonchev–Trinajstić information content (AvgIpc) is 2.02. The summed E-state index contributed by atoms with van der Waals surface area (Å²) in [6.07, 6.45) is 1.43. The van der Waals surface area contributed by atoms with E-state index in [0.717, 1.165) is 0 Å². The van der Waals surface area contributed by atoms with Crippen LogP contribution >= 0.6 is 11.6 Å². The molecule has 1 aromatic rings. The third kappa shape index (κ3) is 2.96. The molecule has 1 aromatic heterocycles. The summed E-state index contributed by atoms with van der Waals surface area (Å²) in [5, 5.41) is 2.63. The molecule has 76 valence electrons. The van der Waals surface area contributed by atoms with Gasteiger partial charge in [0.2, 0.25) is 0 Å². The number of rotatable bonds is 2. The van der Waals surface area contributed by atoms with Crippen molar-refractivity contribution < 1.29 is 9.18 Å². The summed E-state index contributed by atoms with van der Waals surface area (Å²) in [6, 6.07) is 2.99. The average molecular weight is 217 g/mol. The minimum atomic E-state index is -1.91. The molecule has 0 bridgehead atoms. The fourth-order valence-electron chi connectivity index (χ4n) is 0.760. The van der Waals surface area contributed by atoms with Gasteiger partial charge < -0.3 is 5.32 Å². The lowest BCUT2D eigenvalue weighted by atomic mass is 10.1. The number of anilines is 1. The molecule has 1 rings (SSSR count). The first kappa shape index (κ1) is 10.9. The standard InChI is InChI=1S/C9H10ClFN2O/c1-9(2,11)8(14)13-6-3-4-12-7(10)5-6/h3-5H,1-2H3,(H,12,13,14). The van der Waals surface area contributed by atoms with Crippen LogP contribution in [0.25, 0.3) is 0 Å². The van der Waals surface area contributed by atoms with Crippen LogP contribution in [-0.4, -0.2) is 16.6 Å². The van der Waals surface area contributed by atoms with Crippen LogP contribution in [0.15, 0.2) is 18.3 Å². The van der Waals surface area contributed by atoms with Crippen LogP contribution in [0.2, 0.25) is 5.15 Å². The van der Waals surface area contributed by atoms with E-state index >= 15 is 0 Å². The molecule has 0 unspecified atom stereocenters. The molecule has 0 spiro atoms. The number of amides is 1. The highest BCUT2D eigenvalue weighted by molar-refractivity contribution is 6.29. The number of carbonyl (C=O) groups excluding carboxylic acids is 1. The van der Waals surface area contributed by atoms with Gasteiger partial charge in [-0.3, -0.25) is 4.79 Å². The number of nitrogens with one attached hydrogen (secondary N) is 1. The van der Waals surface area contributed by atoms with E-state index < -0.39 is 11.6 Å². The monoisotopic (exact) mass is 216 g/mol. The van der Waals surface area contributed by atoms with Crippen LogP contribution in [0.1, 0.15) is 13.8 Å². The van der Waals surface area contributed by atoms with Crippen molar-refractivity contribution in [3.63, 3.8) is 0 Å². The zero-order valence-corrected chi connectivity index (χ0v) is 8.60. The Morgan fingerprint density at radius 3 is 2.79 bits per heavy atom. The van der Waals surface area contributed by atoms with Crippen molar-refractivity contribution in [1.82, 2.24) is 4.98 Å². The van der Waals surface area contributed by atoms with Crippen molar-refractivity contribution in [3.05, 3.63) is 23.5 Å². The number of hydrogen-bond donors (Lipinski definition) is 1. The van der Waals surface area contributed by atoms with E-state index in [1.807, 2.05) is 0 Å². The highest BCUT2D eigenvalue weighted by Crippen LogP contribution is 2.15. The van der Waals surface area contributed by atoms with Gasteiger partial charge in [0.1, 0.15) is 5.15 Å². The third-order valence-corrected chi connectivity index (χ3v) is 1.73. The Kier molecular flexibility index (Phi) is 3.06. The minimum Gasteiger partial charge on any atom is -0.323 e. The van der Waals surface area contributed by atoms with Gasteiger partial charge >= 0.3 is 0 Å². The Morgan fingerprint density at radius 1 is 1.64 bits per heavy atom. The summed E-state index contributed by atoms with van der Waals surface area (Å²) >= 11 is 5.59. The van der Waals surface area contributed by atoms with Gasteiger partial charge in [-0.2, -0.15) is 0 Å². The maximum Gasteiger partial charge on any atom is 0.261 e. The van der Waals surface area contributed by atoms with Crippen molar-refractivity contribution in [2.45, 2.75) is 19.5 Å². The molecular weight excluding hydrogens is 207 g/mol. The molecule has 14 heavy (non-hydrogen) atoms. The van der Waals surface area contributed by atoms with Crippen molar-refractivity contribution in [2.24, 2.45) is 0 Å². The van der Waals surface area contributed by atoms with Crippen LogP contribution < -0.4 is 5.32 Å². The van der Waals surface area contributed by atoms with E-state index in [0.29, 0.717) is 5.69 Å². The van der Waals surface area contributed by atoms with Crippen LogP contribution in [0, 0.1) is 0 Å². The number of halogens is 2. The van der Waals surface area contributed by atoms with Crippen molar-refractivity contribution in [2.75, 3.05) is 5.32 Å². The second kappa shape index (κ2) is 3.92. The quantitative estimate of drug-likeness (QED) is 0.772. The lowest BCUT2D eigenvalue weighted by molar-refractivity contribution is -0.125. The van der Waals surface area contributed by atoms with Gasteiger partial charge in [0.05, 0.1) is 0 Å². The summed E-state index contributed by atoms with van der Waals surface area (Å²) in [6.45, 7) is 2.37. The number of pyridine rings is 1. The molecule has 0 aromatic carbocycles. The highest BCUT2D eigenvalue weighted by atomic mass is 35.5. The van der Waals surface area contributed by atoms with Crippen molar-refractivity contribution >= 4 is 23.2 Å². The van der Waals surface area contributed by atoms with Gasteiger partial charge in [-0.15, -0.1) is 0 Å². The molecule has 0 saturated carbocycles. The Balaban J connectivity index is 2.75. The van der Waals surface area contributed by atoms with Crippen LogP contribution in [0.5, 0.6) is 0 Å². The maximum atomic E-state index is 13.1. The molecule has 0 saturated heterocycles. The van der Waals surface area contributed by atoms with Gasteiger partial charge in [-0.1, -0.05) is 11.6 Å². The summed E-state index contributed by atoms with van der Waals surface area (Å²) in [5.74, 6) is -0.709. The molecule has 5 heteroatoms. The molecule has 1 heterocycles. The Bertz CT molecular complexity index is 349. The van der Waals surface area contributed by atoms with E-state index in [4.69, 9.17) is 11.6 Å². The van der Waals surface area contributed by atoms with E-state index in [-0.39, 0.29) is 5.15 Å².